The predicted molar refractivity (Wildman–Crippen MR) is 88.3 cm³/mol. The van der Waals surface area contributed by atoms with Gasteiger partial charge in [-0.2, -0.15) is 0 Å². The van der Waals surface area contributed by atoms with Gasteiger partial charge in [0, 0.05) is 17.8 Å². The first-order valence-corrected chi connectivity index (χ1v) is 7.73. The van der Waals surface area contributed by atoms with Crippen molar-refractivity contribution in [1.29, 1.82) is 0 Å². The van der Waals surface area contributed by atoms with Gasteiger partial charge < -0.3 is 5.32 Å². The van der Waals surface area contributed by atoms with Crippen molar-refractivity contribution in [2.75, 3.05) is 5.32 Å². The summed E-state index contributed by atoms with van der Waals surface area (Å²) in [5.41, 5.74) is 1.08. The van der Waals surface area contributed by atoms with Crippen LogP contribution in [0.25, 0.3) is 0 Å². The van der Waals surface area contributed by atoms with Crippen molar-refractivity contribution >= 4 is 17.3 Å². The highest BCUT2D eigenvalue weighted by Crippen LogP contribution is 2.42. The molecule has 2 aromatic carbocycles. The van der Waals surface area contributed by atoms with Gasteiger partial charge in [0.1, 0.15) is 0 Å². The molecule has 5 nitrogen and oxygen atoms in total. The van der Waals surface area contributed by atoms with Crippen LogP contribution in [0.15, 0.2) is 54.6 Å². The van der Waals surface area contributed by atoms with Gasteiger partial charge >= 0.3 is 0 Å². The Hall–Kier alpha value is -2.69. The molecule has 0 unspecified atom stereocenters. The van der Waals surface area contributed by atoms with Crippen LogP contribution >= 0.6 is 0 Å². The summed E-state index contributed by atoms with van der Waals surface area (Å²) in [6, 6.07) is 15.8. The van der Waals surface area contributed by atoms with E-state index in [1.54, 1.807) is 12.1 Å². The number of carbonyl (C=O) groups is 1. The molecule has 1 fully saturated rings. The van der Waals surface area contributed by atoms with Crippen molar-refractivity contribution in [1.82, 2.24) is 0 Å². The second kappa shape index (κ2) is 6.20. The lowest BCUT2D eigenvalue weighted by Crippen LogP contribution is -2.37. The van der Waals surface area contributed by atoms with E-state index >= 15 is 0 Å². The van der Waals surface area contributed by atoms with Gasteiger partial charge in [-0.3, -0.25) is 14.9 Å². The lowest BCUT2D eigenvalue weighted by molar-refractivity contribution is -0.384. The number of nitrogens with one attached hydrogen (secondary N) is 1. The lowest BCUT2D eigenvalue weighted by Gasteiger charge is -2.28. The molecule has 1 amide bonds. The third-order valence-electron chi connectivity index (χ3n) is 4.55. The summed E-state index contributed by atoms with van der Waals surface area (Å²) in [5.74, 6) is -0.0324. The molecule has 1 aliphatic carbocycles. The second-order valence-corrected chi connectivity index (χ2v) is 5.91. The Bertz CT molecular complexity index is 705. The van der Waals surface area contributed by atoms with Gasteiger partial charge in [-0.05, 0) is 30.5 Å². The van der Waals surface area contributed by atoms with Crippen molar-refractivity contribution in [2.24, 2.45) is 0 Å². The molecule has 0 saturated heterocycles. The minimum absolute atomic E-state index is 0.0324. The van der Waals surface area contributed by atoms with Crippen molar-refractivity contribution in [3.8, 4) is 0 Å². The van der Waals surface area contributed by atoms with E-state index in [0.29, 0.717) is 0 Å². The Morgan fingerprint density at radius 2 is 1.61 bits per heavy atom. The van der Waals surface area contributed by atoms with E-state index in [-0.39, 0.29) is 11.6 Å². The molecule has 0 bridgehead atoms. The Labute approximate surface area is 134 Å². The molecule has 1 saturated carbocycles. The lowest BCUT2D eigenvalue weighted by atomic mass is 9.78. The third kappa shape index (κ3) is 2.95. The van der Waals surface area contributed by atoms with Crippen molar-refractivity contribution in [2.45, 2.75) is 31.1 Å². The number of nitro benzene ring substituents is 1. The summed E-state index contributed by atoms with van der Waals surface area (Å²) in [7, 11) is 0. The molecule has 0 aromatic heterocycles. The van der Waals surface area contributed by atoms with Crippen LogP contribution < -0.4 is 5.32 Å². The minimum Gasteiger partial charge on any atom is -0.325 e. The van der Waals surface area contributed by atoms with Gasteiger partial charge in [-0.15, -0.1) is 0 Å². The van der Waals surface area contributed by atoms with Gasteiger partial charge in [-0.1, -0.05) is 43.2 Å². The number of hydrogen-bond acceptors (Lipinski definition) is 3. The normalized spacial score (nSPS) is 16.0. The topological polar surface area (TPSA) is 72.2 Å². The van der Waals surface area contributed by atoms with Crippen LogP contribution in [0.3, 0.4) is 0 Å². The first-order valence-electron chi connectivity index (χ1n) is 7.73. The number of nitrogens with zero attached hydrogens (tertiary/aromatic N) is 1. The monoisotopic (exact) mass is 310 g/mol. The molecule has 5 heteroatoms. The Kier molecular flexibility index (Phi) is 4.10. The van der Waals surface area contributed by atoms with Crippen molar-refractivity contribution in [3.05, 3.63) is 70.3 Å². The summed E-state index contributed by atoms with van der Waals surface area (Å²) in [6.07, 6.45) is 3.51. The van der Waals surface area contributed by atoms with Gasteiger partial charge in [0.2, 0.25) is 5.91 Å². The first-order chi connectivity index (χ1) is 11.1. The largest absolute Gasteiger partial charge is 0.325 e. The fourth-order valence-electron chi connectivity index (χ4n) is 3.30. The number of nitro groups is 1. The predicted octanol–water partition coefficient (Wildman–Crippen LogP) is 4.05. The Morgan fingerprint density at radius 1 is 1.00 bits per heavy atom. The molecular formula is C18H18N2O3. The van der Waals surface area contributed by atoms with Crippen molar-refractivity contribution in [3.63, 3.8) is 0 Å². The van der Waals surface area contributed by atoms with E-state index in [1.807, 2.05) is 30.3 Å². The van der Waals surface area contributed by atoms with E-state index in [9.17, 15) is 14.9 Å². The molecule has 0 spiro atoms. The van der Waals surface area contributed by atoms with Gasteiger partial charge in [0.15, 0.2) is 0 Å². The van der Waals surface area contributed by atoms with Crippen molar-refractivity contribution < 1.29 is 9.72 Å². The third-order valence-corrected chi connectivity index (χ3v) is 4.55. The summed E-state index contributed by atoms with van der Waals surface area (Å²) in [5, 5.41) is 13.8. The fourth-order valence-corrected chi connectivity index (χ4v) is 3.30. The maximum atomic E-state index is 12.9. The zero-order chi connectivity index (χ0) is 16.3. The van der Waals surface area contributed by atoms with E-state index in [0.717, 1.165) is 36.9 Å². The highest BCUT2D eigenvalue weighted by molar-refractivity contribution is 5.99. The quantitative estimate of drug-likeness (QED) is 0.684. The summed E-state index contributed by atoms with van der Waals surface area (Å²) < 4.78 is 0. The molecule has 2 aromatic rings. The number of rotatable bonds is 4. The van der Waals surface area contributed by atoms with E-state index < -0.39 is 10.3 Å². The van der Waals surface area contributed by atoms with Crippen LogP contribution in [0.4, 0.5) is 11.4 Å². The number of para-hydroxylation sites is 1. The molecule has 0 heterocycles. The maximum absolute atomic E-state index is 12.9. The minimum atomic E-state index is -0.592. The molecule has 0 radical (unpaired) electrons. The number of hydrogen-bond donors (Lipinski definition) is 1. The number of amides is 1. The molecule has 23 heavy (non-hydrogen) atoms. The van der Waals surface area contributed by atoms with E-state index in [2.05, 4.69) is 5.32 Å². The molecule has 0 aliphatic heterocycles. The van der Waals surface area contributed by atoms with Gasteiger partial charge in [0.25, 0.3) is 5.69 Å². The van der Waals surface area contributed by atoms with Crippen LogP contribution in [-0.2, 0) is 10.2 Å². The second-order valence-electron chi connectivity index (χ2n) is 5.91. The fraction of sp³-hybridized carbons (Fsp3) is 0.278. The highest BCUT2D eigenvalue weighted by Gasteiger charge is 2.42. The zero-order valence-electron chi connectivity index (χ0n) is 12.7. The average Bonchev–Trinajstić information content (AvgIpc) is 3.07. The number of anilines is 1. The highest BCUT2D eigenvalue weighted by atomic mass is 16.6. The van der Waals surface area contributed by atoms with Crippen LogP contribution in [0.1, 0.15) is 31.2 Å². The SMILES string of the molecule is O=C(Nc1ccccc1)C1(c2ccc([N+](=O)[O-])cc2)CCCC1. The number of carbonyl (C=O) groups excluding carboxylic acids is 1. The summed E-state index contributed by atoms with van der Waals surface area (Å²) in [6.45, 7) is 0. The number of benzene rings is 2. The average molecular weight is 310 g/mol. The Balaban J connectivity index is 1.90. The standard InChI is InChI=1S/C18H18N2O3/c21-17(19-15-6-2-1-3-7-15)18(12-4-5-13-18)14-8-10-16(11-9-14)20(22)23/h1-3,6-11H,4-5,12-13H2,(H,19,21). The van der Waals surface area contributed by atoms with Crippen LogP contribution in [0.5, 0.6) is 0 Å². The molecule has 1 N–H and O–H groups in total. The molecule has 118 valence electrons. The van der Waals surface area contributed by atoms with E-state index in [4.69, 9.17) is 0 Å². The number of non-ortho nitro benzene ring substituents is 1. The van der Waals surface area contributed by atoms with Crippen LogP contribution in [-0.4, -0.2) is 10.8 Å². The van der Waals surface area contributed by atoms with E-state index in [1.165, 1.54) is 12.1 Å². The first kappa shape index (κ1) is 15.2. The smallest absolute Gasteiger partial charge is 0.269 e. The van der Waals surface area contributed by atoms with Crippen LogP contribution in [0.2, 0.25) is 0 Å². The zero-order valence-corrected chi connectivity index (χ0v) is 12.7. The maximum Gasteiger partial charge on any atom is 0.269 e. The van der Waals surface area contributed by atoms with Crippen LogP contribution in [0, 0.1) is 10.1 Å². The van der Waals surface area contributed by atoms with Gasteiger partial charge in [-0.25, -0.2) is 0 Å². The summed E-state index contributed by atoms with van der Waals surface area (Å²) >= 11 is 0. The van der Waals surface area contributed by atoms with Gasteiger partial charge in [0.05, 0.1) is 10.3 Å². The molecule has 3 rings (SSSR count). The molecule has 1 aliphatic rings. The summed E-state index contributed by atoms with van der Waals surface area (Å²) in [4.78, 5) is 23.3. The molecular weight excluding hydrogens is 292 g/mol. The molecule has 0 atom stereocenters. The Morgan fingerprint density at radius 3 is 2.17 bits per heavy atom.